The summed E-state index contributed by atoms with van der Waals surface area (Å²) >= 11 is 0. The fourth-order valence-electron chi connectivity index (χ4n) is 3.55. The lowest BCUT2D eigenvalue weighted by Gasteiger charge is -2.43. The average molecular weight is 353 g/mol. The fourth-order valence-corrected chi connectivity index (χ4v) is 3.55. The number of methoxy groups -OCH3 is 1. The van der Waals surface area contributed by atoms with E-state index in [9.17, 15) is 9.59 Å². The Morgan fingerprint density at radius 1 is 1.35 bits per heavy atom. The van der Waals surface area contributed by atoms with Crippen LogP contribution in [0.2, 0.25) is 0 Å². The van der Waals surface area contributed by atoms with Crippen molar-refractivity contribution in [1.29, 1.82) is 0 Å². The van der Waals surface area contributed by atoms with E-state index in [2.05, 4.69) is 25.9 Å². The Bertz CT molecular complexity index is 861. The number of carbonyl (C=O) groups excluding carboxylic acids is 2. The van der Waals surface area contributed by atoms with Gasteiger partial charge in [0.15, 0.2) is 5.78 Å². The molecule has 0 radical (unpaired) electrons. The van der Waals surface area contributed by atoms with Gasteiger partial charge in [-0.1, -0.05) is 0 Å². The molecular weight excluding hydrogens is 334 g/mol. The van der Waals surface area contributed by atoms with Gasteiger partial charge in [0.2, 0.25) is 5.91 Å². The first-order valence-corrected chi connectivity index (χ1v) is 8.31. The highest BCUT2D eigenvalue weighted by Crippen LogP contribution is 2.33. The third-order valence-corrected chi connectivity index (χ3v) is 4.89. The molecule has 26 heavy (non-hydrogen) atoms. The number of aliphatic imine (C=N–C) groups is 1. The number of hydrogen-bond acceptors (Lipinski definition) is 7. The number of Topliss-reactive ketones (excluding diaryl/α,β-unsaturated/α-hetero) is 1. The van der Waals surface area contributed by atoms with Gasteiger partial charge in [-0.05, 0) is 19.1 Å². The van der Waals surface area contributed by atoms with E-state index in [1.54, 1.807) is 51.0 Å². The number of hydrogen-bond donors (Lipinski definition) is 3. The van der Waals surface area contributed by atoms with Crippen LogP contribution in [0.4, 0.5) is 0 Å². The first-order valence-electron chi connectivity index (χ1n) is 8.31. The quantitative estimate of drug-likeness (QED) is 0.664. The second-order valence-electron chi connectivity index (χ2n) is 6.73. The third-order valence-electron chi connectivity index (χ3n) is 4.89. The Morgan fingerprint density at radius 3 is 2.85 bits per heavy atom. The lowest BCUT2D eigenvalue weighted by Crippen LogP contribution is -2.69. The fraction of sp³-hybridized carbons (Fsp3) is 0.333. The summed E-state index contributed by atoms with van der Waals surface area (Å²) in [5.41, 5.74) is 0.903. The van der Waals surface area contributed by atoms with E-state index in [0.29, 0.717) is 22.7 Å². The van der Waals surface area contributed by atoms with E-state index >= 15 is 0 Å². The van der Waals surface area contributed by atoms with Crippen LogP contribution in [-0.4, -0.2) is 47.8 Å². The molecule has 3 aliphatic rings. The van der Waals surface area contributed by atoms with Gasteiger partial charge in [0, 0.05) is 43.0 Å². The molecule has 1 aromatic heterocycles. The van der Waals surface area contributed by atoms with Gasteiger partial charge in [0.05, 0.1) is 24.3 Å². The summed E-state index contributed by atoms with van der Waals surface area (Å²) in [5, 5.41) is 9.35. The second kappa shape index (κ2) is 6.15. The summed E-state index contributed by atoms with van der Waals surface area (Å²) in [7, 11) is 1.55. The highest BCUT2D eigenvalue weighted by molar-refractivity contribution is 6.15. The first-order chi connectivity index (χ1) is 12.5. The lowest BCUT2D eigenvalue weighted by molar-refractivity contribution is -0.130. The van der Waals surface area contributed by atoms with Crippen LogP contribution in [-0.2, 0) is 9.53 Å². The molecule has 134 valence electrons. The van der Waals surface area contributed by atoms with E-state index in [1.807, 2.05) is 0 Å². The van der Waals surface area contributed by atoms with Crippen molar-refractivity contribution < 1.29 is 14.3 Å². The number of ketones is 1. The van der Waals surface area contributed by atoms with Gasteiger partial charge < -0.3 is 15.4 Å². The van der Waals surface area contributed by atoms with Crippen LogP contribution in [0.5, 0.6) is 0 Å². The van der Waals surface area contributed by atoms with Gasteiger partial charge in [-0.3, -0.25) is 19.9 Å². The van der Waals surface area contributed by atoms with E-state index in [4.69, 9.17) is 4.74 Å². The Balaban J connectivity index is 1.67. The number of nitrogens with one attached hydrogen (secondary N) is 3. The molecular formula is C18H19N5O3. The van der Waals surface area contributed by atoms with Crippen molar-refractivity contribution in [1.82, 2.24) is 20.9 Å². The molecule has 1 fully saturated rings. The summed E-state index contributed by atoms with van der Waals surface area (Å²) < 4.78 is 5.21. The summed E-state index contributed by atoms with van der Waals surface area (Å²) in [6.45, 7) is 2.00. The van der Waals surface area contributed by atoms with E-state index in [1.165, 1.54) is 0 Å². The van der Waals surface area contributed by atoms with Gasteiger partial charge in [-0.2, -0.15) is 0 Å². The van der Waals surface area contributed by atoms with Crippen molar-refractivity contribution in [2.24, 2.45) is 10.9 Å². The second-order valence-corrected chi connectivity index (χ2v) is 6.73. The molecule has 1 amide bonds. The smallest absolute Gasteiger partial charge is 0.246 e. The van der Waals surface area contributed by atoms with E-state index in [-0.39, 0.29) is 30.3 Å². The number of nitrogens with zero attached hydrogens (tertiary/aromatic N) is 2. The summed E-state index contributed by atoms with van der Waals surface area (Å²) in [5.74, 6) is 0.0907. The van der Waals surface area contributed by atoms with Crippen LogP contribution in [0.25, 0.3) is 0 Å². The van der Waals surface area contributed by atoms with Gasteiger partial charge in [-0.15, -0.1) is 0 Å². The number of fused-ring (bicyclic) bond motifs is 3. The number of amidine groups is 1. The van der Waals surface area contributed by atoms with E-state index < -0.39 is 5.54 Å². The predicted octanol–water partition coefficient (Wildman–Crippen LogP) is 0.114. The number of rotatable bonds is 4. The molecule has 2 unspecified atom stereocenters. The Morgan fingerprint density at radius 2 is 2.12 bits per heavy atom. The van der Waals surface area contributed by atoms with Gasteiger partial charge in [0.25, 0.3) is 0 Å². The Labute approximate surface area is 150 Å². The van der Waals surface area contributed by atoms with Crippen molar-refractivity contribution in [3.05, 3.63) is 53.8 Å². The maximum absolute atomic E-state index is 13.0. The maximum atomic E-state index is 13.0. The molecule has 8 heteroatoms. The minimum absolute atomic E-state index is 0.0940. The monoisotopic (exact) mass is 353 g/mol. The molecule has 1 saturated heterocycles. The van der Waals surface area contributed by atoms with Crippen molar-refractivity contribution in [2.45, 2.75) is 18.5 Å². The predicted molar refractivity (Wildman–Crippen MR) is 94.1 cm³/mol. The van der Waals surface area contributed by atoms with Crippen molar-refractivity contribution >= 4 is 17.5 Å². The zero-order chi connectivity index (χ0) is 18.3. The Hall–Kier alpha value is -2.84. The minimum Gasteiger partial charge on any atom is -0.382 e. The lowest BCUT2D eigenvalue weighted by atomic mass is 9.82. The summed E-state index contributed by atoms with van der Waals surface area (Å²) in [4.78, 5) is 33.7. The standard InChI is InChI=1S/C18H19N5O3/c1-18(9-26-2)17(25)22-12-8-21-16-13(14(12)23-18)11(7-20-16)15(24)10-3-5-19-6-4-10/h3-8,13-14,23H,9H2,1-2H3,(H,20,21)(H,22,25)/t13?,14?,18-/m0/s1. The molecule has 3 N–H and O–H groups in total. The molecule has 3 aliphatic heterocycles. The van der Waals surface area contributed by atoms with Gasteiger partial charge >= 0.3 is 0 Å². The topological polar surface area (TPSA) is 105 Å². The van der Waals surface area contributed by atoms with Crippen molar-refractivity contribution in [2.75, 3.05) is 13.7 Å². The van der Waals surface area contributed by atoms with Crippen LogP contribution in [0.3, 0.4) is 0 Å². The summed E-state index contributed by atoms with van der Waals surface area (Å²) in [6, 6.07) is 3.08. The largest absolute Gasteiger partial charge is 0.382 e. The number of piperazine rings is 1. The Kier molecular flexibility index (Phi) is 3.93. The minimum atomic E-state index is -0.896. The van der Waals surface area contributed by atoms with Crippen LogP contribution in [0.1, 0.15) is 17.3 Å². The SMILES string of the molecule is COC[C@]1(C)NC2C(=CN=C3NC=C(C(=O)c4ccncc4)C32)NC1=O. The number of aromatic nitrogens is 1. The van der Waals surface area contributed by atoms with Crippen LogP contribution < -0.4 is 16.0 Å². The van der Waals surface area contributed by atoms with E-state index in [0.717, 1.165) is 0 Å². The number of ether oxygens (including phenoxy) is 1. The van der Waals surface area contributed by atoms with Crippen LogP contribution >= 0.6 is 0 Å². The normalized spacial score (nSPS) is 29.5. The zero-order valence-electron chi connectivity index (χ0n) is 14.4. The highest BCUT2D eigenvalue weighted by atomic mass is 16.5. The zero-order valence-corrected chi connectivity index (χ0v) is 14.4. The van der Waals surface area contributed by atoms with Crippen LogP contribution in [0, 0.1) is 5.92 Å². The van der Waals surface area contributed by atoms with Gasteiger partial charge in [-0.25, -0.2) is 4.99 Å². The summed E-state index contributed by atoms with van der Waals surface area (Å²) in [6.07, 6.45) is 6.49. The van der Waals surface area contributed by atoms with Crippen LogP contribution in [0.15, 0.2) is 53.2 Å². The molecule has 8 nitrogen and oxygen atoms in total. The molecule has 0 aromatic carbocycles. The highest BCUT2D eigenvalue weighted by Gasteiger charge is 2.49. The number of amides is 1. The van der Waals surface area contributed by atoms with Crippen molar-refractivity contribution in [3.8, 4) is 0 Å². The van der Waals surface area contributed by atoms with Crippen molar-refractivity contribution in [3.63, 3.8) is 0 Å². The molecule has 0 aliphatic carbocycles. The molecule has 0 saturated carbocycles. The third kappa shape index (κ3) is 2.54. The molecule has 4 heterocycles. The average Bonchev–Trinajstić information content (AvgIpc) is 3.08. The maximum Gasteiger partial charge on any atom is 0.246 e. The number of pyridine rings is 1. The first kappa shape index (κ1) is 16.6. The molecule has 0 spiro atoms. The van der Waals surface area contributed by atoms with Gasteiger partial charge in [0.1, 0.15) is 11.4 Å². The number of carbonyl (C=O) groups is 2. The molecule has 0 bridgehead atoms. The molecule has 3 atom stereocenters. The molecule has 1 aromatic rings. The molecule has 4 rings (SSSR count).